The maximum atomic E-state index is 12.7. The van der Waals surface area contributed by atoms with Gasteiger partial charge in [0, 0.05) is 23.4 Å². The first-order chi connectivity index (χ1) is 14.0. The highest BCUT2D eigenvalue weighted by molar-refractivity contribution is 6.30. The number of halogens is 1. The summed E-state index contributed by atoms with van der Waals surface area (Å²) in [5.74, 6) is -0.192. The van der Waals surface area contributed by atoms with E-state index in [1.165, 1.54) is 0 Å². The highest BCUT2D eigenvalue weighted by atomic mass is 35.5. The van der Waals surface area contributed by atoms with Gasteiger partial charge in [0.15, 0.2) is 0 Å². The van der Waals surface area contributed by atoms with Crippen LogP contribution in [0.2, 0.25) is 5.02 Å². The molecule has 1 saturated carbocycles. The molecule has 4 amide bonds. The van der Waals surface area contributed by atoms with Crippen molar-refractivity contribution in [1.29, 1.82) is 0 Å². The Balaban J connectivity index is 1.33. The van der Waals surface area contributed by atoms with Crippen LogP contribution in [0.15, 0.2) is 28.8 Å². The molecule has 0 unspecified atom stereocenters. The van der Waals surface area contributed by atoms with Crippen molar-refractivity contribution in [2.24, 2.45) is 0 Å². The summed E-state index contributed by atoms with van der Waals surface area (Å²) >= 11 is 5.86. The molecular formula is C19H20ClN5O4. The molecular weight excluding hydrogens is 398 g/mol. The molecule has 1 aromatic carbocycles. The van der Waals surface area contributed by atoms with Crippen LogP contribution < -0.4 is 10.7 Å². The molecule has 1 aliphatic heterocycles. The quantitative estimate of drug-likeness (QED) is 0.722. The Labute approximate surface area is 171 Å². The summed E-state index contributed by atoms with van der Waals surface area (Å²) in [5, 5.41) is 8.03. The van der Waals surface area contributed by atoms with Crippen LogP contribution in [0.4, 0.5) is 4.79 Å². The van der Waals surface area contributed by atoms with E-state index in [1.54, 1.807) is 24.3 Å². The van der Waals surface area contributed by atoms with E-state index in [1.807, 2.05) is 0 Å². The lowest BCUT2D eigenvalue weighted by atomic mass is 9.82. The maximum absolute atomic E-state index is 12.7. The monoisotopic (exact) mass is 417 g/mol. The molecule has 1 aromatic heterocycles. The van der Waals surface area contributed by atoms with Gasteiger partial charge >= 0.3 is 6.03 Å². The number of hydrazine groups is 1. The molecule has 2 aliphatic rings. The summed E-state index contributed by atoms with van der Waals surface area (Å²) in [6.45, 7) is 0. The summed E-state index contributed by atoms with van der Waals surface area (Å²) in [5.41, 5.74) is 2.26. The fourth-order valence-electron chi connectivity index (χ4n) is 3.69. The van der Waals surface area contributed by atoms with Crippen molar-refractivity contribution in [3.63, 3.8) is 0 Å². The average molecular weight is 418 g/mol. The number of imide groups is 1. The van der Waals surface area contributed by atoms with Gasteiger partial charge in [-0.15, -0.1) is 0 Å². The number of carbonyl (C=O) groups excluding carboxylic acids is 3. The molecule has 1 aliphatic carbocycles. The summed E-state index contributed by atoms with van der Waals surface area (Å²) < 4.78 is 5.17. The minimum atomic E-state index is -0.872. The van der Waals surface area contributed by atoms with Crippen molar-refractivity contribution in [2.75, 3.05) is 0 Å². The lowest BCUT2D eigenvalue weighted by molar-refractivity contribution is -0.139. The number of aryl methyl sites for hydroxylation is 1. The largest absolute Gasteiger partial charge is 0.344 e. The van der Waals surface area contributed by atoms with E-state index in [0.29, 0.717) is 23.7 Å². The van der Waals surface area contributed by atoms with Gasteiger partial charge in [-0.3, -0.25) is 15.0 Å². The second-order valence-electron chi connectivity index (χ2n) is 7.27. The zero-order valence-electron chi connectivity index (χ0n) is 15.6. The number of hydrogen-bond acceptors (Lipinski definition) is 6. The molecule has 0 radical (unpaired) electrons. The highest BCUT2D eigenvalue weighted by Crippen LogP contribution is 2.33. The van der Waals surface area contributed by atoms with Crippen LogP contribution in [0, 0.1) is 0 Å². The number of aromatic nitrogens is 2. The lowest BCUT2D eigenvalue weighted by Gasteiger charge is -2.30. The van der Waals surface area contributed by atoms with Crippen LogP contribution in [0.3, 0.4) is 0 Å². The predicted octanol–water partition coefficient (Wildman–Crippen LogP) is 2.61. The van der Waals surface area contributed by atoms with Crippen LogP contribution in [0.5, 0.6) is 0 Å². The Morgan fingerprint density at radius 2 is 1.93 bits per heavy atom. The van der Waals surface area contributed by atoms with Gasteiger partial charge in [0.2, 0.25) is 17.6 Å². The fraction of sp³-hybridized carbons (Fsp3) is 0.421. The van der Waals surface area contributed by atoms with Gasteiger partial charge in [0.1, 0.15) is 5.54 Å². The zero-order valence-corrected chi connectivity index (χ0v) is 16.4. The molecule has 152 valence electrons. The minimum Gasteiger partial charge on any atom is -0.339 e. The third-order valence-corrected chi connectivity index (χ3v) is 5.49. The SMILES string of the molecule is O=C(CCc1nc(-c2ccc(Cl)cc2)no1)NN1C(=O)NC2(CCCCC2)C1=O. The van der Waals surface area contributed by atoms with Crippen molar-refractivity contribution in [2.45, 2.75) is 50.5 Å². The Hall–Kier alpha value is -2.94. The number of nitrogens with one attached hydrogen (secondary N) is 2. The number of carbonyl (C=O) groups is 3. The molecule has 2 N–H and O–H groups in total. The van der Waals surface area contributed by atoms with E-state index in [9.17, 15) is 14.4 Å². The maximum Gasteiger partial charge on any atom is 0.344 e. The van der Waals surface area contributed by atoms with Gasteiger partial charge in [0.05, 0.1) is 0 Å². The second-order valence-corrected chi connectivity index (χ2v) is 7.70. The van der Waals surface area contributed by atoms with Gasteiger partial charge in [-0.05, 0) is 37.1 Å². The Kier molecular flexibility index (Phi) is 5.23. The number of amides is 4. The van der Waals surface area contributed by atoms with Gasteiger partial charge in [-0.2, -0.15) is 9.99 Å². The molecule has 2 heterocycles. The number of rotatable bonds is 5. The molecule has 2 aromatic rings. The van der Waals surface area contributed by atoms with Gasteiger partial charge in [-0.1, -0.05) is 36.0 Å². The van der Waals surface area contributed by atoms with E-state index in [4.69, 9.17) is 16.1 Å². The molecule has 0 bridgehead atoms. The lowest BCUT2D eigenvalue weighted by Crippen LogP contribution is -2.51. The van der Waals surface area contributed by atoms with E-state index in [-0.39, 0.29) is 18.7 Å². The number of urea groups is 1. The van der Waals surface area contributed by atoms with Crippen molar-refractivity contribution in [3.05, 3.63) is 35.2 Å². The first-order valence-corrected chi connectivity index (χ1v) is 9.89. The molecule has 1 spiro atoms. The van der Waals surface area contributed by atoms with Crippen molar-refractivity contribution in [1.82, 2.24) is 25.9 Å². The molecule has 1 saturated heterocycles. The predicted molar refractivity (Wildman–Crippen MR) is 102 cm³/mol. The number of benzene rings is 1. The van der Waals surface area contributed by atoms with Crippen molar-refractivity contribution in [3.8, 4) is 11.4 Å². The van der Waals surface area contributed by atoms with Gasteiger partial charge in [-0.25, -0.2) is 4.79 Å². The third-order valence-electron chi connectivity index (χ3n) is 5.24. The average Bonchev–Trinajstić information content (AvgIpc) is 3.27. The van der Waals surface area contributed by atoms with Crippen LogP contribution >= 0.6 is 11.6 Å². The topological polar surface area (TPSA) is 117 Å². The standard InChI is InChI=1S/C19H20ClN5O4/c20-13-6-4-12(5-7-13)16-21-15(29-24-16)9-8-14(26)23-25-17(27)19(22-18(25)28)10-2-1-3-11-19/h4-7H,1-3,8-11H2,(H,22,28)(H,23,26). The summed E-state index contributed by atoms with van der Waals surface area (Å²) in [4.78, 5) is 41.4. The van der Waals surface area contributed by atoms with E-state index in [0.717, 1.165) is 29.8 Å². The number of hydrogen-bond donors (Lipinski definition) is 2. The Morgan fingerprint density at radius 3 is 2.66 bits per heavy atom. The summed E-state index contributed by atoms with van der Waals surface area (Å²) in [6, 6.07) is 6.38. The summed E-state index contributed by atoms with van der Waals surface area (Å²) in [6.07, 6.45) is 4.16. The van der Waals surface area contributed by atoms with E-state index >= 15 is 0 Å². The third kappa shape index (κ3) is 3.95. The molecule has 10 heteroatoms. The minimum absolute atomic E-state index is 0.00763. The van der Waals surface area contributed by atoms with E-state index < -0.39 is 23.4 Å². The fourth-order valence-corrected chi connectivity index (χ4v) is 3.82. The first-order valence-electron chi connectivity index (χ1n) is 9.52. The molecule has 2 fully saturated rings. The smallest absolute Gasteiger partial charge is 0.339 e. The second kappa shape index (κ2) is 7.82. The van der Waals surface area contributed by atoms with Gasteiger partial charge < -0.3 is 9.84 Å². The summed E-state index contributed by atoms with van der Waals surface area (Å²) in [7, 11) is 0. The van der Waals surface area contributed by atoms with Gasteiger partial charge in [0.25, 0.3) is 5.91 Å². The Morgan fingerprint density at radius 1 is 1.21 bits per heavy atom. The molecule has 9 nitrogen and oxygen atoms in total. The highest BCUT2D eigenvalue weighted by Gasteiger charge is 2.52. The molecule has 0 atom stereocenters. The molecule has 29 heavy (non-hydrogen) atoms. The van der Waals surface area contributed by atoms with Crippen LogP contribution in [0.1, 0.15) is 44.4 Å². The normalized spacial score (nSPS) is 18.2. The van der Waals surface area contributed by atoms with Crippen molar-refractivity contribution >= 4 is 29.4 Å². The first kappa shape index (κ1) is 19.4. The van der Waals surface area contributed by atoms with Crippen LogP contribution in [-0.4, -0.2) is 38.5 Å². The Bertz CT molecular complexity index is 936. The van der Waals surface area contributed by atoms with E-state index in [2.05, 4.69) is 20.9 Å². The zero-order chi connectivity index (χ0) is 20.4. The van der Waals surface area contributed by atoms with Crippen molar-refractivity contribution < 1.29 is 18.9 Å². The van der Waals surface area contributed by atoms with Crippen LogP contribution in [-0.2, 0) is 16.0 Å². The van der Waals surface area contributed by atoms with Crippen LogP contribution in [0.25, 0.3) is 11.4 Å². The number of nitrogens with zero attached hydrogens (tertiary/aromatic N) is 3. The molecule has 4 rings (SSSR count).